The Morgan fingerprint density at radius 1 is 1.12 bits per heavy atom. The molecule has 1 saturated heterocycles. The van der Waals surface area contributed by atoms with Crippen molar-refractivity contribution in [2.45, 2.75) is 50.2 Å². The van der Waals surface area contributed by atoms with Crippen molar-refractivity contribution in [3.63, 3.8) is 0 Å². The Morgan fingerprint density at radius 2 is 1.91 bits per heavy atom. The first-order chi connectivity index (χ1) is 16.0. The number of carbonyl (C=O) groups excluding carboxylic acids is 1. The predicted molar refractivity (Wildman–Crippen MR) is 121 cm³/mol. The lowest BCUT2D eigenvalue weighted by Gasteiger charge is -2.52. The van der Waals surface area contributed by atoms with Gasteiger partial charge < -0.3 is 4.90 Å². The van der Waals surface area contributed by atoms with Crippen LogP contribution in [0.2, 0.25) is 0 Å². The summed E-state index contributed by atoms with van der Waals surface area (Å²) in [6.45, 7) is 0.910. The molecule has 1 unspecified atom stereocenters. The van der Waals surface area contributed by atoms with Gasteiger partial charge in [0.1, 0.15) is 17.2 Å². The average Bonchev–Trinajstić information content (AvgIpc) is 3.50. The van der Waals surface area contributed by atoms with Crippen LogP contribution in [-0.4, -0.2) is 33.2 Å². The lowest BCUT2D eigenvalue weighted by molar-refractivity contribution is -0.143. The number of amides is 1. The van der Waals surface area contributed by atoms with Gasteiger partial charge in [-0.3, -0.25) is 14.4 Å². The number of fused-ring (bicyclic) bond motifs is 2. The number of carbonyl (C=O) groups is 1. The Kier molecular flexibility index (Phi) is 4.66. The molecule has 2 aliphatic heterocycles. The Hall–Kier alpha value is -3.06. The molecule has 0 N–H and O–H groups in total. The van der Waals surface area contributed by atoms with Gasteiger partial charge in [0.25, 0.3) is 5.91 Å². The number of nitrogens with zero attached hydrogens (tertiary/aromatic N) is 4. The molecule has 1 atom stereocenters. The van der Waals surface area contributed by atoms with Gasteiger partial charge in [0.15, 0.2) is 0 Å². The van der Waals surface area contributed by atoms with Gasteiger partial charge in [0, 0.05) is 53.8 Å². The summed E-state index contributed by atoms with van der Waals surface area (Å²) in [5, 5.41) is 4.05. The third-order valence-electron chi connectivity index (χ3n) is 7.69. The predicted octanol–water partition coefficient (Wildman–Crippen LogP) is 4.76. The van der Waals surface area contributed by atoms with Crippen LogP contribution < -0.4 is 4.90 Å². The zero-order valence-corrected chi connectivity index (χ0v) is 18.6. The maximum atomic E-state index is 15.1. The average molecular weight is 449 g/mol. The Morgan fingerprint density at radius 3 is 2.61 bits per heavy atom. The van der Waals surface area contributed by atoms with Crippen molar-refractivity contribution in [1.82, 2.24) is 14.7 Å². The molecule has 5 nitrogen and oxygen atoms in total. The Labute approximate surface area is 191 Å². The highest BCUT2D eigenvalue weighted by molar-refractivity contribution is 6.08. The number of hydrogen-bond acceptors (Lipinski definition) is 3. The summed E-state index contributed by atoms with van der Waals surface area (Å²) in [5.41, 5.74) is 2.01. The van der Waals surface area contributed by atoms with E-state index >= 15 is 4.39 Å². The van der Waals surface area contributed by atoms with E-state index in [1.807, 2.05) is 24.3 Å². The summed E-state index contributed by atoms with van der Waals surface area (Å²) < 4.78 is 31.7. The molecule has 3 heterocycles. The number of hydrogen-bond donors (Lipinski definition) is 0. The molecular formula is C26H26F2N4O. The third kappa shape index (κ3) is 2.98. The van der Waals surface area contributed by atoms with Crippen molar-refractivity contribution in [2.75, 3.05) is 11.4 Å². The zero-order valence-electron chi connectivity index (χ0n) is 18.6. The Bertz CT molecular complexity index is 1250. The largest absolute Gasteiger partial charge is 0.306 e. The quantitative estimate of drug-likeness (QED) is 0.578. The van der Waals surface area contributed by atoms with Crippen LogP contribution in [0.1, 0.15) is 43.2 Å². The second kappa shape index (κ2) is 7.48. The molecule has 7 heteroatoms. The van der Waals surface area contributed by atoms with Crippen molar-refractivity contribution in [3.05, 3.63) is 71.6 Å². The van der Waals surface area contributed by atoms with Gasteiger partial charge in [-0.05, 0) is 37.5 Å². The minimum atomic E-state index is -0.656. The van der Waals surface area contributed by atoms with E-state index in [-0.39, 0.29) is 23.6 Å². The van der Waals surface area contributed by atoms with Crippen LogP contribution in [0.5, 0.6) is 0 Å². The molecule has 2 fully saturated rings. The SMILES string of the molecule is Cn1cc(-c2cc(F)c(CN3C(=O)C4(CCN4C4CCCC4)c4ccccc43)cc2F)cn1. The number of aromatic nitrogens is 2. The fourth-order valence-corrected chi connectivity index (χ4v) is 6.02. The Balaban J connectivity index is 1.35. The van der Waals surface area contributed by atoms with Gasteiger partial charge >= 0.3 is 0 Å². The molecule has 1 aliphatic carbocycles. The fourth-order valence-electron chi connectivity index (χ4n) is 6.02. The van der Waals surface area contributed by atoms with E-state index in [1.54, 1.807) is 22.8 Å². The van der Waals surface area contributed by atoms with Crippen LogP contribution >= 0.6 is 0 Å². The molecule has 1 spiro atoms. The van der Waals surface area contributed by atoms with Gasteiger partial charge in [-0.15, -0.1) is 0 Å². The van der Waals surface area contributed by atoms with Gasteiger partial charge in [0.05, 0.1) is 12.7 Å². The van der Waals surface area contributed by atoms with Crippen molar-refractivity contribution >= 4 is 11.6 Å². The number of likely N-dealkylation sites (tertiary alicyclic amines) is 1. The molecule has 1 amide bonds. The standard InChI is InChI=1S/C26H26F2N4O/c1-30-15-18(14-29-30)20-13-22(27)17(12-23(20)28)16-31-24-9-5-4-8-21(24)26(25(31)33)10-11-32(26)19-6-2-3-7-19/h4-5,8-9,12-15,19H,2-3,6-7,10-11,16H2,1H3. The molecule has 1 saturated carbocycles. The molecule has 6 rings (SSSR count). The summed E-state index contributed by atoms with van der Waals surface area (Å²) in [6, 6.07) is 10.7. The molecule has 3 aromatic rings. The maximum Gasteiger partial charge on any atom is 0.252 e. The van der Waals surface area contributed by atoms with Crippen LogP contribution in [0.25, 0.3) is 11.1 Å². The number of para-hydroxylation sites is 1. The van der Waals surface area contributed by atoms with Crippen molar-refractivity contribution < 1.29 is 13.6 Å². The highest BCUT2D eigenvalue weighted by atomic mass is 19.1. The lowest BCUT2D eigenvalue weighted by atomic mass is 9.77. The second-order valence-electron chi connectivity index (χ2n) is 9.48. The summed E-state index contributed by atoms with van der Waals surface area (Å²) in [4.78, 5) is 17.9. The third-order valence-corrected chi connectivity index (χ3v) is 7.69. The summed E-state index contributed by atoms with van der Waals surface area (Å²) >= 11 is 0. The van der Waals surface area contributed by atoms with E-state index in [1.165, 1.54) is 31.2 Å². The second-order valence-corrected chi connectivity index (χ2v) is 9.48. The van der Waals surface area contributed by atoms with Gasteiger partial charge in [-0.2, -0.15) is 5.10 Å². The first kappa shape index (κ1) is 20.5. The van der Waals surface area contributed by atoms with Crippen molar-refractivity contribution in [2.24, 2.45) is 7.05 Å². The molecule has 1 aromatic heterocycles. The monoisotopic (exact) mass is 448 g/mol. The number of benzene rings is 2. The number of rotatable bonds is 4. The van der Waals surface area contributed by atoms with Crippen LogP contribution in [0.15, 0.2) is 48.8 Å². The van der Waals surface area contributed by atoms with Crippen LogP contribution in [-0.2, 0) is 23.9 Å². The van der Waals surface area contributed by atoms with E-state index < -0.39 is 17.2 Å². The van der Waals surface area contributed by atoms with Crippen molar-refractivity contribution in [3.8, 4) is 11.1 Å². The molecule has 2 aromatic carbocycles. The fraction of sp³-hybridized carbons (Fsp3) is 0.385. The summed E-state index contributed by atoms with van der Waals surface area (Å²) in [5.74, 6) is -1.06. The van der Waals surface area contributed by atoms with E-state index in [0.29, 0.717) is 11.6 Å². The number of anilines is 1. The van der Waals surface area contributed by atoms with E-state index in [0.717, 1.165) is 37.1 Å². The van der Waals surface area contributed by atoms with Gasteiger partial charge in [-0.25, -0.2) is 8.78 Å². The highest BCUT2D eigenvalue weighted by Gasteiger charge is 2.61. The number of aryl methyl sites for hydroxylation is 1. The topological polar surface area (TPSA) is 41.4 Å². The van der Waals surface area contributed by atoms with E-state index in [9.17, 15) is 9.18 Å². The first-order valence-corrected chi connectivity index (χ1v) is 11.6. The zero-order chi connectivity index (χ0) is 22.7. The molecule has 3 aliphatic rings. The van der Waals surface area contributed by atoms with E-state index in [2.05, 4.69) is 10.00 Å². The van der Waals surface area contributed by atoms with Gasteiger partial charge in [-0.1, -0.05) is 31.0 Å². The van der Waals surface area contributed by atoms with Crippen LogP contribution in [0.4, 0.5) is 14.5 Å². The normalized spacial score (nSPS) is 22.9. The van der Waals surface area contributed by atoms with Crippen LogP contribution in [0.3, 0.4) is 0 Å². The summed E-state index contributed by atoms with van der Waals surface area (Å²) in [7, 11) is 1.73. The van der Waals surface area contributed by atoms with E-state index in [4.69, 9.17) is 0 Å². The molecule has 170 valence electrons. The molecule has 0 bridgehead atoms. The minimum Gasteiger partial charge on any atom is -0.306 e. The van der Waals surface area contributed by atoms with Crippen molar-refractivity contribution in [1.29, 1.82) is 0 Å². The van der Waals surface area contributed by atoms with Crippen LogP contribution in [0, 0.1) is 11.6 Å². The minimum absolute atomic E-state index is 0.00613. The molecular weight excluding hydrogens is 422 g/mol. The first-order valence-electron chi connectivity index (χ1n) is 11.6. The smallest absolute Gasteiger partial charge is 0.252 e. The maximum absolute atomic E-state index is 15.1. The molecule has 0 radical (unpaired) electrons. The summed E-state index contributed by atoms with van der Waals surface area (Å²) in [6.07, 6.45) is 8.56. The lowest BCUT2D eigenvalue weighted by Crippen LogP contribution is -2.65. The molecule has 33 heavy (non-hydrogen) atoms. The highest BCUT2D eigenvalue weighted by Crippen LogP contribution is 2.54. The van der Waals surface area contributed by atoms with Gasteiger partial charge in [0.2, 0.25) is 0 Å². The number of halogens is 2.